The van der Waals surface area contributed by atoms with Crippen molar-refractivity contribution in [2.45, 2.75) is 26.7 Å². The van der Waals surface area contributed by atoms with Gasteiger partial charge in [-0.15, -0.1) is 0 Å². The molecule has 3 N–H and O–H groups in total. The molecule has 2 rings (SSSR count). The molecule has 0 aromatic heterocycles. The fourth-order valence-corrected chi connectivity index (χ4v) is 3.46. The van der Waals surface area contributed by atoms with Crippen molar-refractivity contribution in [2.75, 3.05) is 31.1 Å². The van der Waals surface area contributed by atoms with Crippen LogP contribution in [-0.4, -0.2) is 53.2 Å². The van der Waals surface area contributed by atoms with Crippen LogP contribution >= 0.6 is 12.2 Å². The predicted octanol–water partition coefficient (Wildman–Crippen LogP) is 1.85. The Morgan fingerprint density at radius 2 is 2.21 bits per heavy atom. The number of nitro groups is 1. The SMILES string of the molecule is CCN(CC)C(=O)C1CCCN(c2ccc([N+](=O)[O-])cc2/C=N/NC(N)=S)C1. The molecule has 0 spiro atoms. The molecule has 10 heteroatoms. The minimum Gasteiger partial charge on any atom is -0.375 e. The Bertz CT molecular complexity index is 766. The number of benzene rings is 1. The molecule has 1 fully saturated rings. The molecule has 28 heavy (non-hydrogen) atoms. The largest absolute Gasteiger partial charge is 0.375 e. The Morgan fingerprint density at radius 3 is 2.82 bits per heavy atom. The van der Waals surface area contributed by atoms with Gasteiger partial charge in [0.2, 0.25) is 5.91 Å². The molecule has 1 unspecified atom stereocenters. The van der Waals surface area contributed by atoms with Crippen molar-refractivity contribution >= 4 is 40.8 Å². The molecule has 152 valence electrons. The highest BCUT2D eigenvalue weighted by Crippen LogP contribution is 2.29. The summed E-state index contributed by atoms with van der Waals surface area (Å²) in [6, 6.07) is 4.61. The van der Waals surface area contributed by atoms with Crippen LogP contribution in [0.25, 0.3) is 0 Å². The number of anilines is 1. The van der Waals surface area contributed by atoms with Crippen molar-refractivity contribution in [1.82, 2.24) is 10.3 Å². The van der Waals surface area contributed by atoms with Crippen LogP contribution in [0.5, 0.6) is 0 Å². The van der Waals surface area contributed by atoms with Gasteiger partial charge < -0.3 is 15.5 Å². The number of thiocarbonyl (C=S) groups is 1. The quantitative estimate of drug-likeness (QED) is 0.307. The Morgan fingerprint density at radius 1 is 1.50 bits per heavy atom. The van der Waals surface area contributed by atoms with Crippen molar-refractivity contribution in [1.29, 1.82) is 0 Å². The third-order valence-corrected chi connectivity index (χ3v) is 4.88. The van der Waals surface area contributed by atoms with Crippen molar-refractivity contribution in [2.24, 2.45) is 16.8 Å². The second-order valence-corrected chi connectivity index (χ2v) is 6.97. The van der Waals surface area contributed by atoms with Gasteiger partial charge in [-0.3, -0.25) is 20.3 Å². The fraction of sp³-hybridized carbons (Fsp3) is 0.500. The number of rotatable bonds is 7. The smallest absolute Gasteiger partial charge is 0.270 e. The lowest BCUT2D eigenvalue weighted by Gasteiger charge is -2.36. The van der Waals surface area contributed by atoms with E-state index in [-0.39, 0.29) is 22.6 Å². The molecule has 1 atom stereocenters. The molecule has 0 saturated carbocycles. The van der Waals surface area contributed by atoms with Gasteiger partial charge in [-0.25, -0.2) is 0 Å². The molecule has 1 heterocycles. The van der Waals surface area contributed by atoms with Gasteiger partial charge in [0.25, 0.3) is 5.69 Å². The van der Waals surface area contributed by atoms with E-state index in [1.165, 1.54) is 18.3 Å². The van der Waals surface area contributed by atoms with Crippen LogP contribution in [0.1, 0.15) is 32.3 Å². The maximum Gasteiger partial charge on any atom is 0.270 e. The average Bonchev–Trinajstić information content (AvgIpc) is 2.68. The Kier molecular flexibility index (Phi) is 7.68. The van der Waals surface area contributed by atoms with E-state index in [9.17, 15) is 14.9 Å². The standard InChI is InChI=1S/C18H26N6O3S/c1-3-22(4-2)17(25)13-6-5-9-23(12-13)16-8-7-15(24(26)27)10-14(16)11-20-21-18(19)28/h7-8,10-11,13H,3-6,9,12H2,1-2H3,(H3,19,21,28)/b20-11+. The average molecular weight is 407 g/mol. The summed E-state index contributed by atoms with van der Waals surface area (Å²) in [5.74, 6) is 0.0605. The number of carbonyl (C=O) groups is 1. The number of non-ortho nitro benzene ring substituents is 1. The maximum absolute atomic E-state index is 12.8. The topological polar surface area (TPSA) is 117 Å². The zero-order chi connectivity index (χ0) is 20.7. The van der Waals surface area contributed by atoms with Crippen LogP contribution in [-0.2, 0) is 4.79 Å². The lowest BCUT2D eigenvalue weighted by atomic mass is 9.95. The molecule has 1 saturated heterocycles. The molecule has 0 aliphatic carbocycles. The molecule has 0 bridgehead atoms. The lowest BCUT2D eigenvalue weighted by molar-refractivity contribution is -0.384. The Balaban J connectivity index is 2.29. The lowest BCUT2D eigenvalue weighted by Crippen LogP contribution is -2.45. The summed E-state index contributed by atoms with van der Waals surface area (Å²) in [6.07, 6.45) is 3.17. The summed E-state index contributed by atoms with van der Waals surface area (Å²) in [7, 11) is 0. The third kappa shape index (κ3) is 5.38. The number of nitrogens with zero attached hydrogens (tertiary/aromatic N) is 4. The van der Waals surface area contributed by atoms with Gasteiger partial charge in [-0.2, -0.15) is 5.10 Å². The van der Waals surface area contributed by atoms with Crippen LogP contribution in [0.2, 0.25) is 0 Å². The summed E-state index contributed by atoms with van der Waals surface area (Å²) in [5.41, 5.74) is 9.14. The number of carbonyl (C=O) groups excluding carboxylic acids is 1. The number of piperidine rings is 1. The zero-order valence-electron chi connectivity index (χ0n) is 16.1. The van der Waals surface area contributed by atoms with E-state index in [4.69, 9.17) is 18.0 Å². The van der Waals surface area contributed by atoms with Gasteiger partial charge in [0.05, 0.1) is 17.1 Å². The Hall–Kier alpha value is -2.75. The Labute approximate surface area is 169 Å². The number of hydrogen-bond donors (Lipinski definition) is 2. The maximum atomic E-state index is 12.8. The number of nitrogens with two attached hydrogens (primary N) is 1. The van der Waals surface area contributed by atoms with Gasteiger partial charge >= 0.3 is 0 Å². The summed E-state index contributed by atoms with van der Waals surface area (Å²) < 4.78 is 0. The molecule has 1 aliphatic heterocycles. The van der Waals surface area contributed by atoms with Gasteiger partial charge in [0.1, 0.15) is 0 Å². The number of hydrogen-bond acceptors (Lipinski definition) is 6. The molecule has 1 aliphatic rings. The first-order valence-electron chi connectivity index (χ1n) is 9.28. The van der Waals surface area contributed by atoms with Crippen molar-refractivity contribution < 1.29 is 9.72 Å². The van der Waals surface area contributed by atoms with Crippen molar-refractivity contribution in [3.8, 4) is 0 Å². The molecule has 0 radical (unpaired) electrons. The van der Waals surface area contributed by atoms with E-state index >= 15 is 0 Å². The van der Waals surface area contributed by atoms with E-state index in [2.05, 4.69) is 15.4 Å². The second-order valence-electron chi connectivity index (χ2n) is 6.53. The highest BCUT2D eigenvalue weighted by Gasteiger charge is 2.29. The third-order valence-electron chi connectivity index (χ3n) is 4.79. The van der Waals surface area contributed by atoms with Crippen LogP contribution in [0, 0.1) is 16.0 Å². The van der Waals surface area contributed by atoms with Gasteiger partial charge in [-0.05, 0) is 45.0 Å². The number of hydrazone groups is 1. The van der Waals surface area contributed by atoms with Gasteiger partial charge in [-0.1, -0.05) is 0 Å². The number of nitro benzene ring substituents is 1. The summed E-state index contributed by atoms with van der Waals surface area (Å²) in [5, 5.41) is 15.1. The first-order valence-corrected chi connectivity index (χ1v) is 9.68. The second kappa shape index (κ2) is 9.98. The van der Waals surface area contributed by atoms with Crippen LogP contribution in [0.3, 0.4) is 0 Å². The monoisotopic (exact) mass is 406 g/mol. The van der Waals surface area contributed by atoms with Crippen LogP contribution < -0.4 is 16.1 Å². The van der Waals surface area contributed by atoms with E-state index < -0.39 is 4.92 Å². The molecule has 1 aromatic rings. The normalized spacial score (nSPS) is 16.8. The summed E-state index contributed by atoms with van der Waals surface area (Å²) in [4.78, 5) is 27.4. The minimum atomic E-state index is -0.453. The molecular formula is C18H26N6O3S. The molecule has 1 amide bonds. The minimum absolute atomic E-state index is 0.00564. The molecule has 9 nitrogen and oxygen atoms in total. The predicted molar refractivity (Wildman–Crippen MR) is 113 cm³/mol. The van der Waals surface area contributed by atoms with Crippen LogP contribution in [0.15, 0.2) is 23.3 Å². The first-order chi connectivity index (χ1) is 13.4. The summed E-state index contributed by atoms with van der Waals surface area (Å²) >= 11 is 4.72. The van der Waals surface area contributed by atoms with Crippen LogP contribution in [0.4, 0.5) is 11.4 Å². The summed E-state index contributed by atoms with van der Waals surface area (Å²) in [6.45, 7) is 6.65. The van der Waals surface area contributed by atoms with E-state index in [1.807, 2.05) is 18.7 Å². The highest BCUT2D eigenvalue weighted by molar-refractivity contribution is 7.80. The first kappa shape index (κ1) is 21.5. The molecule has 1 aromatic carbocycles. The van der Waals surface area contributed by atoms with E-state index in [1.54, 1.807) is 6.07 Å². The highest BCUT2D eigenvalue weighted by atomic mass is 32.1. The van der Waals surface area contributed by atoms with E-state index in [0.29, 0.717) is 25.2 Å². The van der Waals surface area contributed by atoms with E-state index in [0.717, 1.165) is 25.1 Å². The van der Waals surface area contributed by atoms with Gasteiger partial charge in [0.15, 0.2) is 5.11 Å². The number of nitrogens with one attached hydrogen (secondary N) is 1. The van der Waals surface area contributed by atoms with Crippen molar-refractivity contribution in [3.63, 3.8) is 0 Å². The van der Waals surface area contributed by atoms with Crippen molar-refractivity contribution in [3.05, 3.63) is 33.9 Å². The van der Waals surface area contributed by atoms with Gasteiger partial charge in [0, 0.05) is 49.6 Å². The fourth-order valence-electron chi connectivity index (χ4n) is 3.40. The number of amides is 1. The molecular weight excluding hydrogens is 380 g/mol. The zero-order valence-corrected chi connectivity index (χ0v) is 16.9.